The molecule has 0 unspecified atom stereocenters. The Bertz CT molecular complexity index is 164. The first-order chi connectivity index (χ1) is 5.66. The Labute approximate surface area is 73.5 Å². The van der Waals surface area contributed by atoms with Gasteiger partial charge in [-0.25, -0.2) is 0 Å². The summed E-state index contributed by atoms with van der Waals surface area (Å²) in [5, 5.41) is 3.40. The summed E-state index contributed by atoms with van der Waals surface area (Å²) in [6.45, 7) is 3.14. The lowest BCUT2D eigenvalue weighted by Gasteiger charge is -2.09. The third kappa shape index (κ3) is 3.22. The highest BCUT2D eigenvalue weighted by Gasteiger charge is 2.35. The lowest BCUT2D eigenvalue weighted by Crippen LogP contribution is -2.28. The molecular formula is C9H17NO2. The number of methoxy groups -OCH3 is 1. The van der Waals surface area contributed by atoms with Gasteiger partial charge in [0.25, 0.3) is 0 Å². The van der Waals surface area contributed by atoms with E-state index >= 15 is 0 Å². The molecule has 0 radical (unpaired) electrons. The zero-order chi connectivity index (χ0) is 9.03. The monoisotopic (exact) mass is 171 g/mol. The zero-order valence-corrected chi connectivity index (χ0v) is 7.85. The third-order valence-corrected chi connectivity index (χ3v) is 2.34. The highest BCUT2D eigenvalue weighted by Crippen LogP contribution is 2.33. The molecule has 1 rings (SSSR count). The van der Waals surface area contributed by atoms with Crippen molar-refractivity contribution in [2.45, 2.75) is 38.1 Å². The first-order valence-corrected chi connectivity index (χ1v) is 4.48. The molecule has 1 N–H and O–H groups in total. The molecule has 0 atom stereocenters. The summed E-state index contributed by atoms with van der Waals surface area (Å²) in [6, 6.07) is 0. The van der Waals surface area contributed by atoms with E-state index < -0.39 is 0 Å². The highest BCUT2D eigenvalue weighted by molar-refractivity contribution is 5.69. The molecule has 70 valence electrons. The van der Waals surface area contributed by atoms with Gasteiger partial charge < -0.3 is 10.1 Å². The number of hydrogen-bond donors (Lipinski definition) is 1. The standard InChI is InChI=1S/C9H17NO2/c1-9(5-6-9)10-7-3-4-8(11)12-2/h10H,3-7H2,1-2H3. The minimum atomic E-state index is -0.113. The molecule has 3 nitrogen and oxygen atoms in total. The van der Waals surface area contributed by atoms with Crippen LogP contribution in [0.2, 0.25) is 0 Å². The summed E-state index contributed by atoms with van der Waals surface area (Å²) in [4.78, 5) is 10.7. The fourth-order valence-corrected chi connectivity index (χ4v) is 1.09. The van der Waals surface area contributed by atoms with Gasteiger partial charge >= 0.3 is 5.97 Å². The van der Waals surface area contributed by atoms with Crippen molar-refractivity contribution in [2.24, 2.45) is 0 Å². The Balaban J connectivity index is 1.92. The van der Waals surface area contributed by atoms with Crippen LogP contribution in [0.4, 0.5) is 0 Å². The summed E-state index contributed by atoms with van der Waals surface area (Å²) in [5.41, 5.74) is 0.385. The number of rotatable bonds is 5. The molecule has 1 aliphatic carbocycles. The van der Waals surface area contributed by atoms with E-state index in [1.54, 1.807) is 0 Å². The predicted molar refractivity (Wildman–Crippen MR) is 46.9 cm³/mol. The van der Waals surface area contributed by atoms with Gasteiger partial charge in [0, 0.05) is 12.0 Å². The van der Waals surface area contributed by atoms with E-state index in [1.807, 2.05) is 0 Å². The molecule has 0 spiro atoms. The zero-order valence-electron chi connectivity index (χ0n) is 7.85. The Kier molecular flexibility index (Phi) is 3.09. The van der Waals surface area contributed by atoms with Crippen LogP contribution < -0.4 is 5.32 Å². The van der Waals surface area contributed by atoms with Crippen LogP contribution in [-0.2, 0) is 9.53 Å². The second-order valence-electron chi connectivity index (χ2n) is 3.67. The second-order valence-corrected chi connectivity index (χ2v) is 3.67. The van der Waals surface area contributed by atoms with E-state index in [9.17, 15) is 4.79 Å². The average Bonchev–Trinajstić information content (AvgIpc) is 2.78. The van der Waals surface area contributed by atoms with Crippen molar-refractivity contribution in [3.63, 3.8) is 0 Å². The summed E-state index contributed by atoms with van der Waals surface area (Å²) >= 11 is 0. The summed E-state index contributed by atoms with van der Waals surface area (Å²) < 4.78 is 4.53. The highest BCUT2D eigenvalue weighted by atomic mass is 16.5. The molecule has 0 aromatic heterocycles. The number of carbonyl (C=O) groups is 1. The molecule has 0 saturated heterocycles. The van der Waals surface area contributed by atoms with E-state index in [1.165, 1.54) is 20.0 Å². The van der Waals surface area contributed by atoms with Crippen LogP contribution in [0.5, 0.6) is 0 Å². The smallest absolute Gasteiger partial charge is 0.305 e. The molecule has 0 aromatic carbocycles. The fourth-order valence-electron chi connectivity index (χ4n) is 1.09. The number of nitrogens with one attached hydrogen (secondary N) is 1. The predicted octanol–water partition coefficient (Wildman–Crippen LogP) is 1.08. The Morgan fingerprint density at radius 1 is 1.58 bits per heavy atom. The van der Waals surface area contributed by atoms with Crippen molar-refractivity contribution >= 4 is 5.97 Å². The fraction of sp³-hybridized carbons (Fsp3) is 0.889. The van der Waals surface area contributed by atoms with Crippen molar-refractivity contribution in [3.8, 4) is 0 Å². The van der Waals surface area contributed by atoms with Crippen LogP contribution in [0, 0.1) is 0 Å². The Morgan fingerprint density at radius 2 is 2.25 bits per heavy atom. The van der Waals surface area contributed by atoms with Gasteiger partial charge in [0.15, 0.2) is 0 Å². The van der Waals surface area contributed by atoms with Gasteiger partial charge in [-0.1, -0.05) is 0 Å². The summed E-state index contributed by atoms with van der Waals surface area (Å²) in [5.74, 6) is -0.113. The maximum atomic E-state index is 10.7. The topological polar surface area (TPSA) is 38.3 Å². The van der Waals surface area contributed by atoms with Crippen LogP contribution in [0.15, 0.2) is 0 Å². The van der Waals surface area contributed by atoms with Crippen molar-refractivity contribution in [2.75, 3.05) is 13.7 Å². The molecule has 0 aromatic rings. The summed E-state index contributed by atoms with van der Waals surface area (Å²) in [6.07, 6.45) is 3.94. The van der Waals surface area contributed by atoms with Gasteiger partial charge in [-0.15, -0.1) is 0 Å². The van der Waals surface area contributed by atoms with Crippen molar-refractivity contribution in [1.29, 1.82) is 0 Å². The molecule has 0 amide bonds. The van der Waals surface area contributed by atoms with E-state index in [4.69, 9.17) is 0 Å². The van der Waals surface area contributed by atoms with Gasteiger partial charge in [0.1, 0.15) is 0 Å². The van der Waals surface area contributed by atoms with E-state index in [-0.39, 0.29) is 5.97 Å². The largest absolute Gasteiger partial charge is 0.469 e. The van der Waals surface area contributed by atoms with E-state index in [0.29, 0.717) is 12.0 Å². The van der Waals surface area contributed by atoms with Gasteiger partial charge in [0.05, 0.1) is 7.11 Å². The second kappa shape index (κ2) is 3.90. The van der Waals surface area contributed by atoms with Gasteiger partial charge in [0.2, 0.25) is 0 Å². The molecule has 0 heterocycles. The average molecular weight is 171 g/mol. The van der Waals surface area contributed by atoms with Gasteiger partial charge in [-0.3, -0.25) is 4.79 Å². The molecule has 12 heavy (non-hydrogen) atoms. The lowest BCUT2D eigenvalue weighted by molar-refractivity contribution is -0.140. The van der Waals surface area contributed by atoms with Crippen molar-refractivity contribution in [3.05, 3.63) is 0 Å². The normalized spacial score (nSPS) is 18.8. The minimum absolute atomic E-state index is 0.113. The molecule has 0 aliphatic heterocycles. The number of hydrogen-bond acceptors (Lipinski definition) is 3. The van der Waals surface area contributed by atoms with Crippen molar-refractivity contribution < 1.29 is 9.53 Å². The maximum absolute atomic E-state index is 10.7. The number of ether oxygens (including phenoxy) is 1. The SMILES string of the molecule is COC(=O)CCCNC1(C)CC1. The summed E-state index contributed by atoms with van der Waals surface area (Å²) in [7, 11) is 1.43. The molecule has 3 heteroatoms. The lowest BCUT2D eigenvalue weighted by atomic mass is 10.2. The van der Waals surface area contributed by atoms with Crippen LogP contribution in [0.3, 0.4) is 0 Å². The quantitative estimate of drug-likeness (QED) is 0.497. The molecule has 1 fully saturated rings. The van der Waals surface area contributed by atoms with Crippen LogP contribution in [-0.4, -0.2) is 25.2 Å². The van der Waals surface area contributed by atoms with Crippen LogP contribution >= 0.6 is 0 Å². The van der Waals surface area contributed by atoms with E-state index in [2.05, 4.69) is 17.0 Å². The van der Waals surface area contributed by atoms with Gasteiger partial charge in [-0.05, 0) is 32.7 Å². The van der Waals surface area contributed by atoms with E-state index in [0.717, 1.165) is 13.0 Å². The Morgan fingerprint density at radius 3 is 2.75 bits per heavy atom. The number of esters is 1. The van der Waals surface area contributed by atoms with Crippen LogP contribution in [0.1, 0.15) is 32.6 Å². The van der Waals surface area contributed by atoms with Gasteiger partial charge in [-0.2, -0.15) is 0 Å². The Hall–Kier alpha value is -0.570. The third-order valence-electron chi connectivity index (χ3n) is 2.34. The van der Waals surface area contributed by atoms with Crippen LogP contribution in [0.25, 0.3) is 0 Å². The first-order valence-electron chi connectivity index (χ1n) is 4.48. The molecule has 0 bridgehead atoms. The molecule has 1 saturated carbocycles. The molecular weight excluding hydrogens is 154 g/mol. The minimum Gasteiger partial charge on any atom is -0.469 e. The first kappa shape index (κ1) is 9.52. The molecule has 1 aliphatic rings. The maximum Gasteiger partial charge on any atom is 0.305 e. The van der Waals surface area contributed by atoms with Crippen molar-refractivity contribution in [1.82, 2.24) is 5.32 Å². The number of carbonyl (C=O) groups excluding carboxylic acids is 1.